The van der Waals surface area contributed by atoms with Gasteiger partial charge in [0.1, 0.15) is 28.9 Å². The molecule has 2 aromatic rings. The molecule has 2 heterocycles. The van der Waals surface area contributed by atoms with E-state index in [0.717, 1.165) is 41.9 Å². The minimum Gasteiger partial charge on any atom is -0.497 e. The van der Waals surface area contributed by atoms with Gasteiger partial charge in [0.05, 0.1) is 14.2 Å². The van der Waals surface area contributed by atoms with Gasteiger partial charge >= 0.3 is 0 Å². The maximum atomic E-state index is 9.64. The van der Waals surface area contributed by atoms with E-state index in [0.29, 0.717) is 17.1 Å². The van der Waals surface area contributed by atoms with Crippen molar-refractivity contribution in [1.29, 1.82) is 5.26 Å². The Labute approximate surface area is 141 Å². The van der Waals surface area contributed by atoms with Crippen LogP contribution in [0.3, 0.4) is 0 Å². The summed E-state index contributed by atoms with van der Waals surface area (Å²) in [5, 5.41) is 9.64. The zero-order chi connectivity index (χ0) is 17.3. The molecule has 1 aliphatic rings. The van der Waals surface area contributed by atoms with Crippen molar-refractivity contribution in [3.05, 3.63) is 35.0 Å². The average Bonchev–Trinajstić information content (AvgIpc) is 2.60. The van der Waals surface area contributed by atoms with Crippen molar-refractivity contribution in [3.8, 4) is 28.7 Å². The van der Waals surface area contributed by atoms with E-state index in [1.807, 2.05) is 18.2 Å². The number of likely N-dealkylation sites (N-methyl/N-ethyl adjacent to an activating group) is 1. The van der Waals surface area contributed by atoms with Crippen molar-refractivity contribution < 1.29 is 9.47 Å². The van der Waals surface area contributed by atoms with E-state index in [2.05, 4.69) is 23.0 Å². The molecule has 3 rings (SSSR count). The molecule has 0 saturated carbocycles. The van der Waals surface area contributed by atoms with E-state index < -0.39 is 0 Å². The highest BCUT2D eigenvalue weighted by molar-refractivity contribution is 5.83. The lowest BCUT2D eigenvalue weighted by atomic mass is 9.90. The molecule has 0 atom stereocenters. The summed E-state index contributed by atoms with van der Waals surface area (Å²) in [6.45, 7) is 1.65. The maximum Gasteiger partial charge on any atom is 0.142 e. The molecular formula is C18H20N4O2. The van der Waals surface area contributed by atoms with Crippen LogP contribution in [0.2, 0.25) is 0 Å². The number of hydrogen-bond donors (Lipinski definition) is 1. The van der Waals surface area contributed by atoms with Crippen molar-refractivity contribution in [2.24, 2.45) is 0 Å². The van der Waals surface area contributed by atoms with Gasteiger partial charge in [0.15, 0.2) is 0 Å². The molecule has 0 spiro atoms. The van der Waals surface area contributed by atoms with E-state index in [9.17, 15) is 5.26 Å². The summed E-state index contributed by atoms with van der Waals surface area (Å²) >= 11 is 0. The Balaban J connectivity index is 2.31. The van der Waals surface area contributed by atoms with E-state index >= 15 is 0 Å². The predicted octanol–water partition coefficient (Wildman–Crippen LogP) is 2.21. The molecule has 2 N–H and O–H groups in total. The van der Waals surface area contributed by atoms with Crippen LogP contribution in [0, 0.1) is 11.3 Å². The number of nitriles is 1. The molecule has 0 radical (unpaired) electrons. The van der Waals surface area contributed by atoms with Crippen molar-refractivity contribution in [1.82, 2.24) is 9.88 Å². The number of nitrogens with zero attached hydrogens (tertiary/aromatic N) is 3. The number of rotatable bonds is 3. The number of pyridine rings is 1. The summed E-state index contributed by atoms with van der Waals surface area (Å²) < 4.78 is 10.8. The predicted molar refractivity (Wildman–Crippen MR) is 91.9 cm³/mol. The fourth-order valence-corrected chi connectivity index (χ4v) is 3.13. The van der Waals surface area contributed by atoms with Gasteiger partial charge in [-0.25, -0.2) is 4.98 Å². The highest BCUT2D eigenvalue weighted by Gasteiger charge is 2.25. The molecule has 6 nitrogen and oxygen atoms in total. The Morgan fingerprint density at radius 3 is 2.75 bits per heavy atom. The maximum absolute atomic E-state index is 9.64. The van der Waals surface area contributed by atoms with Crippen LogP contribution in [0.15, 0.2) is 18.2 Å². The largest absolute Gasteiger partial charge is 0.497 e. The van der Waals surface area contributed by atoms with Gasteiger partial charge in [0.2, 0.25) is 0 Å². The Kier molecular flexibility index (Phi) is 4.28. The van der Waals surface area contributed by atoms with Crippen molar-refractivity contribution >= 4 is 5.82 Å². The SMILES string of the molecule is COc1ccc(-c2c(C#N)c(N)nc3c2CN(C)CC3)c(OC)c1. The van der Waals surface area contributed by atoms with Crippen LogP contribution < -0.4 is 15.2 Å². The number of methoxy groups -OCH3 is 2. The van der Waals surface area contributed by atoms with Crippen molar-refractivity contribution in [3.63, 3.8) is 0 Å². The fraction of sp³-hybridized carbons (Fsp3) is 0.333. The lowest BCUT2D eigenvalue weighted by Gasteiger charge is -2.28. The van der Waals surface area contributed by atoms with Gasteiger partial charge in [-0.15, -0.1) is 0 Å². The summed E-state index contributed by atoms with van der Waals surface area (Å²) in [5.74, 6) is 1.61. The highest BCUT2D eigenvalue weighted by Crippen LogP contribution is 2.40. The second-order valence-corrected chi connectivity index (χ2v) is 5.84. The first kappa shape index (κ1) is 16.1. The summed E-state index contributed by atoms with van der Waals surface area (Å²) in [6.07, 6.45) is 0.813. The fourth-order valence-electron chi connectivity index (χ4n) is 3.13. The van der Waals surface area contributed by atoms with Crippen molar-refractivity contribution in [2.45, 2.75) is 13.0 Å². The standard InChI is InChI=1S/C18H20N4O2/c1-22-7-6-15-14(10-22)17(13(9-19)18(20)21-15)12-5-4-11(23-2)8-16(12)24-3/h4-5,8H,6-7,10H2,1-3H3,(H2,20,21). The number of ether oxygens (including phenoxy) is 2. The molecule has 0 amide bonds. The van der Waals surface area contributed by atoms with E-state index in [1.54, 1.807) is 14.2 Å². The van der Waals surface area contributed by atoms with Crippen LogP contribution in [0.5, 0.6) is 11.5 Å². The smallest absolute Gasteiger partial charge is 0.142 e. The second-order valence-electron chi connectivity index (χ2n) is 5.84. The molecular weight excluding hydrogens is 304 g/mol. The summed E-state index contributed by atoms with van der Waals surface area (Å²) in [6, 6.07) is 7.79. The summed E-state index contributed by atoms with van der Waals surface area (Å²) in [5.41, 5.74) is 10.1. The summed E-state index contributed by atoms with van der Waals surface area (Å²) in [4.78, 5) is 6.67. The van der Waals surface area contributed by atoms with Crippen LogP contribution in [0.4, 0.5) is 5.82 Å². The molecule has 1 aromatic carbocycles. The zero-order valence-corrected chi connectivity index (χ0v) is 14.1. The normalized spacial score (nSPS) is 13.9. The van der Waals surface area contributed by atoms with E-state index in [1.165, 1.54) is 0 Å². The minimum atomic E-state index is 0.272. The van der Waals surface area contributed by atoms with Gasteiger partial charge in [-0.2, -0.15) is 5.26 Å². The Morgan fingerprint density at radius 2 is 2.08 bits per heavy atom. The van der Waals surface area contributed by atoms with Gasteiger partial charge in [-0.3, -0.25) is 0 Å². The van der Waals surface area contributed by atoms with Gasteiger partial charge in [-0.1, -0.05) is 0 Å². The third-order valence-electron chi connectivity index (χ3n) is 4.36. The first-order valence-corrected chi connectivity index (χ1v) is 7.71. The topological polar surface area (TPSA) is 84.4 Å². The Hall–Kier alpha value is -2.78. The van der Waals surface area contributed by atoms with Gasteiger partial charge in [0.25, 0.3) is 0 Å². The Morgan fingerprint density at radius 1 is 1.29 bits per heavy atom. The van der Waals surface area contributed by atoms with E-state index in [-0.39, 0.29) is 5.82 Å². The number of aromatic nitrogens is 1. The van der Waals surface area contributed by atoms with Crippen LogP contribution >= 0.6 is 0 Å². The molecule has 0 bridgehead atoms. The average molecular weight is 324 g/mol. The lowest BCUT2D eigenvalue weighted by Crippen LogP contribution is -2.28. The highest BCUT2D eigenvalue weighted by atomic mass is 16.5. The third-order valence-corrected chi connectivity index (χ3v) is 4.36. The molecule has 0 unspecified atom stereocenters. The second kappa shape index (κ2) is 6.38. The molecule has 0 aliphatic carbocycles. The van der Waals surface area contributed by atoms with Gasteiger partial charge < -0.3 is 20.1 Å². The molecule has 0 fully saturated rings. The molecule has 124 valence electrons. The lowest BCUT2D eigenvalue weighted by molar-refractivity contribution is 0.310. The molecule has 24 heavy (non-hydrogen) atoms. The number of benzene rings is 1. The van der Waals surface area contributed by atoms with Crippen LogP contribution in [0.25, 0.3) is 11.1 Å². The van der Waals surface area contributed by atoms with Gasteiger partial charge in [-0.05, 0) is 24.7 Å². The van der Waals surface area contributed by atoms with Gasteiger partial charge in [0, 0.05) is 42.4 Å². The summed E-state index contributed by atoms with van der Waals surface area (Å²) in [7, 11) is 5.27. The van der Waals surface area contributed by atoms with Crippen molar-refractivity contribution in [2.75, 3.05) is 33.5 Å². The first-order chi connectivity index (χ1) is 11.6. The van der Waals surface area contributed by atoms with E-state index in [4.69, 9.17) is 15.2 Å². The van der Waals surface area contributed by atoms with Crippen LogP contribution in [-0.2, 0) is 13.0 Å². The quantitative estimate of drug-likeness (QED) is 0.932. The molecule has 6 heteroatoms. The Bertz CT molecular complexity index is 827. The van der Waals surface area contributed by atoms with Crippen LogP contribution in [0.1, 0.15) is 16.8 Å². The molecule has 0 saturated heterocycles. The number of hydrogen-bond acceptors (Lipinski definition) is 6. The van der Waals surface area contributed by atoms with Crippen LogP contribution in [-0.4, -0.2) is 37.7 Å². The number of nitrogens with two attached hydrogens (primary N) is 1. The number of anilines is 1. The zero-order valence-electron chi connectivity index (χ0n) is 14.1. The molecule has 1 aliphatic heterocycles. The first-order valence-electron chi connectivity index (χ1n) is 7.71. The minimum absolute atomic E-state index is 0.272. The monoisotopic (exact) mass is 324 g/mol. The number of nitrogen functional groups attached to an aromatic ring is 1. The third kappa shape index (κ3) is 2.63. The molecule has 1 aromatic heterocycles. The number of fused-ring (bicyclic) bond motifs is 1.